The van der Waals surface area contributed by atoms with E-state index in [1.165, 1.54) is 102 Å². The molecule has 0 radical (unpaired) electrons. The normalized spacial score (nSPS) is 20.9. The van der Waals surface area contributed by atoms with Gasteiger partial charge in [-0.2, -0.15) is 0 Å². The quantitative estimate of drug-likeness (QED) is 0.381. The lowest BCUT2D eigenvalue weighted by Gasteiger charge is -2.39. The summed E-state index contributed by atoms with van der Waals surface area (Å²) in [5, 5.41) is 0. The Morgan fingerprint density at radius 1 is 0.963 bits per heavy atom. The first-order valence-electron chi connectivity index (χ1n) is 11.6. The van der Waals surface area contributed by atoms with Crippen LogP contribution in [0.5, 0.6) is 0 Å². The lowest BCUT2D eigenvalue weighted by molar-refractivity contribution is 0.145. The van der Waals surface area contributed by atoms with Gasteiger partial charge in [-0.15, -0.1) is 0 Å². The molecule has 0 saturated heterocycles. The standard InChI is InChI=1S/C26H39F/c1-2-3-17-26(18-8-5-9-19-26)20-16-24(21-22-10-6-4-7-11-22)23-12-14-25(27)15-13-23/h10,12-15,24H,2-9,11,16-21H2,1H3. The molecule has 1 unspecified atom stereocenters. The number of benzene rings is 1. The van der Waals surface area contributed by atoms with E-state index in [1.54, 1.807) is 17.7 Å². The Hall–Kier alpha value is -1.11. The van der Waals surface area contributed by atoms with Gasteiger partial charge in [0.15, 0.2) is 0 Å². The van der Waals surface area contributed by atoms with Gasteiger partial charge >= 0.3 is 0 Å². The summed E-state index contributed by atoms with van der Waals surface area (Å²) in [5.41, 5.74) is 3.60. The maximum atomic E-state index is 13.5. The highest BCUT2D eigenvalue weighted by Crippen LogP contribution is 2.46. The van der Waals surface area contributed by atoms with Gasteiger partial charge in [-0.1, -0.05) is 62.8 Å². The molecule has 0 aliphatic heterocycles. The van der Waals surface area contributed by atoms with Crippen LogP contribution in [0.1, 0.15) is 115 Å². The Morgan fingerprint density at radius 3 is 2.41 bits per heavy atom. The van der Waals surface area contributed by atoms with E-state index in [0.717, 1.165) is 0 Å². The van der Waals surface area contributed by atoms with E-state index in [9.17, 15) is 4.39 Å². The predicted octanol–water partition coefficient (Wildman–Crippen LogP) is 8.72. The minimum atomic E-state index is -0.110. The van der Waals surface area contributed by atoms with Crippen molar-refractivity contribution in [1.82, 2.24) is 0 Å². The molecule has 1 aromatic rings. The molecule has 2 aliphatic rings. The molecule has 0 spiro atoms. The maximum Gasteiger partial charge on any atom is 0.123 e. The molecule has 0 heterocycles. The van der Waals surface area contributed by atoms with Gasteiger partial charge in [0.05, 0.1) is 0 Å². The SMILES string of the molecule is CCCCC1(CCC(CC2=CCCCC2)c2ccc(F)cc2)CCCCC1. The first kappa shape index (κ1) is 20.6. The fourth-order valence-corrected chi connectivity index (χ4v) is 5.49. The van der Waals surface area contributed by atoms with Gasteiger partial charge in [0.25, 0.3) is 0 Å². The largest absolute Gasteiger partial charge is 0.207 e. The van der Waals surface area contributed by atoms with E-state index in [-0.39, 0.29) is 5.82 Å². The molecule has 0 aromatic heterocycles. The van der Waals surface area contributed by atoms with Crippen LogP contribution in [-0.2, 0) is 0 Å². The van der Waals surface area contributed by atoms with Gasteiger partial charge in [0, 0.05) is 0 Å². The van der Waals surface area contributed by atoms with E-state index in [4.69, 9.17) is 0 Å². The summed E-state index contributed by atoms with van der Waals surface area (Å²) in [4.78, 5) is 0. The third kappa shape index (κ3) is 6.19. The Bertz CT molecular complexity index is 577. The Kier molecular flexibility index (Phi) is 7.97. The zero-order valence-corrected chi connectivity index (χ0v) is 17.4. The van der Waals surface area contributed by atoms with Crippen LogP contribution >= 0.6 is 0 Å². The average Bonchev–Trinajstić information content (AvgIpc) is 2.72. The van der Waals surface area contributed by atoms with E-state index in [2.05, 4.69) is 13.0 Å². The van der Waals surface area contributed by atoms with Crippen molar-refractivity contribution in [2.45, 2.75) is 109 Å². The van der Waals surface area contributed by atoms with Crippen LogP contribution in [0.25, 0.3) is 0 Å². The summed E-state index contributed by atoms with van der Waals surface area (Å²) in [6, 6.07) is 7.40. The van der Waals surface area contributed by atoms with Crippen LogP contribution in [0.15, 0.2) is 35.9 Å². The Morgan fingerprint density at radius 2 is 1.74 bits per heavy atom. The molecule has 1 heteroatoms. The van der Waals surface area contributed by atoms with Crippen LogP contribution in [-0.4, -0.2) is 0 Å². The van der Waals surface area contributed by atoms with Crippen molar-refractivity contribution in [2.24, 2.45) is 5.41 Å². The number of rotatable bonds is 9. The van der Waals surface area contributed by atoms with Gasteiger partial charge in [0.1, 0.15) is 5.82 Å². The second kappa shape index (κ2) is 10.4. The predicted molar refractivity (Wildman–Crippen MR) is 115 cm³/mol. The summed E-state index contributed by atoms with van der Waals surface area (Å²) < 4.78 is 13.5. The molecule has 0 N–H and O–H groups in total. The summed E-state index contributed by atoms with van der Waals surface area (Å²) in [6.07, 6.45) is 22.8. The van der Waals surface area contributed by atoms with Gasteiger partial charge in [-0.05, 0) is 93.2 Å². The minimum absolute atomic E-state index is 0.110. The first-order valence-corrected chi connectivity index (χ1v) is 11.6. The fourth-order valence-electron chi connectivity index (χ4n) is 5.49. The molecule has 0 bridgehead atoms. The molecule has 1 atom stereocenters. The summed E-state index contributed by atoms with van der Waals surface area (Å²) >= 11 is 0. The number of halogens is 1. The van der Waals surface area contributed by atoms with Gasteiger partial charge < -0.3 is 0 Å². The summed E-state index contributed by atoms with van der Waals surface area (Å²) in [5.74, 6) is 0.455. The van der Waals surface area contributed by atoms with Crippen molar-refractivity contribution in [3.63, 3.8) is 0 Å². The highest BCUT2D eigenvalue weighted by atomic mass is 19.1. The van der Waals surface area contributed by atoms with Crippen LogP contribution in [0.2, 0.25) is 0 Å². The number of unbranched alkanes of at least 4 members (excludes halogenated alkanes) is 1. The van der Waals surface area contributed by atoms with Crippen molar-refractivity contribution in [2.75, 3.05) is 0 Å². The van der Waals surface area contributed by atoms with Gasteiger partial charge in [0.2, 0.25) is 0 Å². The second-order valence-electron chi connectivity index (χ2n) is 9.26. The molecule has 3 rings (SSSR count). The molecule has 0 nitrogen and oxygen atoms in total. The molecule has 2 aliphatic carbocycles. The van der Waals surface area contributed by atoms with E-state index >= 15 is 0 Å². The minimum Gasteiger partial charge on any atom is -0.207 e. The van der Waals surface area contributed by atoms with Crippen LogP contribution in [0.4, 0.5) is 4.39 Å². The second-order valence-corrected chi connectivity index (χ2v) is 9.26. The highest BCUT2D eigenvalue weighted by molar-refractivity contribution is 5.23. The molecule has 1 saturated carbocycles. The van der Waals surface area contributed by atoms with Crippen molar-refractivity contribution in [1.29, 1.82) is 0 Å². The molecule has 27 heavy (non-hydrogen) atoms. The van der Waals surface area contributed by atoms with Crippen LogP contribution in [0.3, 0.4) is 0 Å². The molecule has 150 valence electrons. The average molecular weight is 371 g/mol. The number of hydrogen-bond donors (Lipinski definition) is 0. The monoisotopic (exact) mass is 370 g/mol. The van der Waals surface area contributed by atoms with Crippen molar-refractivity contribution < 1.29 is 4.39 Å². The topological polar surface area (TPSA) is 0 Å². The zero-order valence-electron chi connectivity index (χ0n) is 17.4. The van der Waals surface area contributed by atoms with Crippen molar-refractivity contribution >= 4 is 0 Å². The van der Waals surface area contributed by atoms with Crippen molar-refractivity contribution in [3.8, 4) is 0 Å². The highest BCUT2D eigenvalue weighted by Gasteiger charge is 2.32. The van der Waals surface area contributed by atoms with E-state index in [1.807, 2.05) is 12.1 Å². The summed E-state index contributed by atoms with van der Waals surface area (Å²) in [7, 11) is 0. The third-order valence-electron chi connectivity index (χ3n) is 7.23. The molecular formula is C26H39F. The van der Waals surface area contributed by atoms with Gasteiger partial charge in [-0.25, -0.2) is 4.39 Å². The molecular weight excluding hydrogens is 331 g/mol. The maximum absolute atomic E-state index is 13.5. The molecule has 1 aromatic carbocycles. The summed E-state index contributed by atoms with van der Waals surface area (Å²) in [6.45, 7) is 2.33. The van der Waals surface area contributed by atoms with E-state index < -0.39 is 0 Å². The fraction of sp³-hybridized carbons (Fsp3) is 0.692. The lowest BCUT2D eigenvalue weighted by atomic mass is 9.67. The number of hydrogen-bond acceptors (Lipinski definition) is 0. The zero-order chi connectivity index (χ0) is 19.0. The first-order chi connectivity index (χ1) is 13.2. The number of allylic oxidation sites excluding steroid dienone is 2. The van der Waals surface area contributed by atoms with Crippen molar-refractivity contribution in [3.05, 3.63) is 47.3 Å². The van der Waals surface area contributed by atoms with Gasteiger partial charge in [-0.3, -0.25) is 0 Å². The Balaban J connectivity index is 1.71. The Labute approximate surface area is 166 Å². The van der Waals surface area contributed by atoms with E-state index in [0.29, 0.717) is 11.3 Å². The molecule has 1 fully saturated rings. The smallest absolute Gasteiger partial charge is 0.123 e. The molecule has 0 amide bonds. The third-order valence-corrected chi connectivity index (χ3v) is 7.23. The van der Waals surface area contributed by atoms with Crippen LogP contribution < -0.4 is 0 Å². The van der Waals surface area contributed by atoms with Crippen LogP contribution in [0, 0.1) is 11.2 Å². The lowest BCUT2D eigenvalue weighted by Crippen LogP contribution is -2.25.